The summed E-state index contributed by atoms with van der Waals surface area (Å²) in [6, 6.07) is 8.91. The molecule has 0 saturated carbocycles. The molecule has 5 aromatic rings. The van der Waals surface area contributed by atoms with Crippen molar-refractivity contribution in [2.45, 2.75) is 149 Å². The molecule has 0 spiro atoms. The number of halogens is 1. The van der Waals surface area contributed by atoms with Gasteiger partial charge in [-0.25, -0.2) is 0 Å². The minimum absolute atomic E-state index is 0.756. The third-order valence-electron chi connectivity index (χ3n) is 9.72. The van der Waals surface area contributed by atoms with Gasteiger partial charge >= 0.3 is 0 Å². The van der Waals surface area contributed by atoms with E-state index in [1.54, 1.807) is 0 Å². The quantitative estimate of drug-likeness (QED) is 0.0626. The highest BCUT2D eigenvalue weighted by atomic mass is 79.9. The van der Waals surface area contributed by atoms with Crippen LogP contribution in [0.2, 0.25) is 0 Å². The average molecular weight is 742 g/mol. The Morgan fingerprint density at radius 2 is 1.13 bits per heavy atom. The van der Waals surface area contributed by atoms with E-state index in [9.17, 15) is 0 Å². The Bertz CT molecular complexity index is 1610. The molecule has 2 aromatic carbocycles. The molecule has 0 bridgehead atoms. The van der Waals surface area contributed by atoms with Gasteiger partial charge in [-0.2, -0.15) is 17.5 Å². The third kappa shape index (κ3) is 10.0. The number of hydrogen-bond donors (Lipinski definition) is 0. The van der Waals surface area contributed by atoms with Gasteiger partial charge in [-0.1, -0.05) is 142 Å². The van der Waals surface area contributed by atoms with Gasteiger partial charge in [0.25, 0.3) is 0 Å². The molecule has 8 heteroatoms. The molecule has 1 unspecified atom stereocenters. The SMILES string of the molecule is CCCCCCCCCCCCC(CCCCCCCCCC)Cc1cc(-c2cc3c(ccc4nsnc43)c3nsnc23)sc1Br. The van der Waals surface area contributed by atoms with Crippen LogP contribution in [-0.4, -0.2) is 17.5 Å². The van der Waals surface area contributed by atoms with Crippen molar-refractivity contribution in [1.82, 2.24) is 17.5 Å². The molecule has 0 aliphatic rings. The van der Waals surface area contributed by atoms with E-state index >= 15 is 0 Å². The number of aromatic nitrogens is 4. The number of benzene rings is 2. The van der Waals surface area contributed by atoms with Crippen molar-refractivity contribution < 1.29 is 0 Å². The first-order valence-electron chi connectivity index (χ1n) is 18.3. The fourth-order valence-electron chi connectivity index (χ4n) is 6.99. The van der Waals surface area contributed by atoms with Gasteiger partial charge in [0.15, 0.2) is 0 Å². The first-order valence-corrected chi connectivity index (χ1v) is 21.3. The third-order valence-corrected chi connectivity index (χ3v) is 12.8. The Morgan fingerprint density at radius 3 is 1.76 bits per heavy atom. The summed E-state index contributed by atoms with van der Waals surface area (Å²) in [4.78, 5) is 1.27. The highest BCUT2D eigenvalue weighted by Crippen LogP contribution is 2.42. The number of rotatable bonds is 23. The van der Waals surface area contributed by atoms with E-state index in [-0.39, 0.29) is 0 Å². The van der Waals surface area contributed by atoms with Gasteiger partial charge in [-0.3, -0.25) is 0 Å². The fourth-order valence-corrected chi connectivity index (χ4v) is 9.85. The Morgan fingerprint density at radius 1 is 0.587 bits per heavy atom. The molecular weight excluding hydrogens is 689 g/mol. The lowest BCUT2D eigenvalue weighted by atomic mass is 9.89. The van der Waals surface area contributed by atoms with Crippen molar-refractivity contribution in [2.24, 2.45) is 5.92 Å². The van der Waals surface area contributed by atoms with Crippen LogP contribution in [0.5, 0.6) is 0 Å². The molecule has 0 fully saturated rings. The van der Waals surface area contributed by atoms with Crippen LogP contribution in [0.25, 0.3) is 43.3 Å². The zero-order valence-corrected chi connectivity index (χ0v) is 32.2. The van der Waals surface area contributed by atoms with Crippen LogP contribution in [0, 0.1) is 5.92 Å². The summed E-state index contributed by atoms with van der Waals surface area (Å²) in [6.45, 7) is 4.61. The van der Waals surface area contributed by atoms with Crippen molar-refractivity contribution in [3.05, 3.63) is 33.6 Å². The molecule has 5 rings (SSSR count). The van der Waals surface area contributed by atoms with E-state index in [1.807, 2.05) is 11.3 Å². The standard InChI is InChI=1S/C38H53BrN4S3/c1-3-5-7-9-11-13-14-16-18-20-22-28(21-19-17-15-12-10-8-6-4-2)25-29-26-34(44-38(29)39)32-27-31-30(36-37(32)43-46-42-36)23-24-33-35(31)41-45-40-33/h23-24,26-28H,3-22,25H2,1-2H3. The second kappa shape index (κ2) is 19.5. The number of unbranched alkanes of at least 4 members (excludes halogenated alkanes) is 16. The fraction of sp³-hybridized carbons (Fsp3) is 0.632. The van der Waals surface area contributed by atoms with E-state index < -0.39 is 0 Å². The Hall–Kier alpha value is -1.48. The summed E-state index contributed by atoms with van der Waals surface area (Å²) < 4.78 is 19.9. The topological polar surface area (TPSA) is 51.6 Å². The molecule has 3 heterocycles. The van der Waals surface area contributed by atoms with Crippen LogP contribution in [-0.2, 0) is 6.42 Å². The average Bonchev–Trinajstić information content (AvgIpc) is 3.83. The minimum atomic E-state index is 0.756. The zero-order chi connectivity index (χ0) is 32.0. The number of fused-ring (bicyclic) bond motifs is 5. The van der Waals surface area contributed by atoms with Gasteiger partial charge in [0, 0.05) is 21.2 Å². The Kier molecular flexibility index (Phi) is 15.2. The largest absolute Gasteiger partial charge is 0.173 e. The summed E-state index contributed by atoms with van der Waals surface area (Å²) >= 11 is 8.43. The molecule has 0 N–H and O–H groups in total. The van der Waals surface area contributed by atoms with Crippen LogP contribution >= 0.6 is 50.7 Å². The Labute approximate surface area is 298 Å². The molecule has 0 radical (unpaired) electrons. The summed E-state index contributed by atoms with van der Waals surface area (Å²) in [5.41, 5.74) is 6.53. The van der Waals surface area contributed by atoms with Gasteiger partial charge < -0.3 is 0 Å². The molecule has 0 amide bonds. The summed E-state index contributed by atoms with van der Waals surface area (Å²) in [5.74, 6) is 0.756. The van der Waals surface area contributed by atoms with Crippen molar-refractivity contribution >= 4 is 83.6 Å². The molecule has 46 heavy (non-hydrogen) atoms. The molecule has 0 aliphatic carbocycles. The van der Waals surface area contributed by atoms with E-state index in [0.29, 0.717) is 0 Å². The maximum Gasteiger partial charge on any atom is 0.114 e. The lowest BCUT2D eigenvalue weighted by Crippen LogP contribution is -2.05. The van der Waals surface area contributed by atoms with E-state index in [1.165, 1.54) is 172 Å². The van der Waals surface area contributed by atoms with E-state index in [2.05, 4.69) is 62.8 Å². The molecular formula is C38H53BrN4S3. The zero-order valence-electron chi connectivity index (χ0n) is 28.1. The van der Waals surface area contributed by atoms with Crippen LogP contribution in [0.4, 0.5) is 0 Å². The summed E-state index contributed by atoms with van der Waals surface area (Å²) in [5, 5.41) is 2.24. The normalized spacial score (nSPS) is 12.7. The predicted octanol–water partition coefficient (Wildman–Crippen LogP) is 14.3. The first-order chi connectivity index (χ1) is 22.7. The minimum Gasteiger partial charge on any atom is -0.173 e. The van der Waals surface area contributed by atoms with Crippen LogP contribution in [0.15, 0.2) is 28.1 Å². The van der Waals surface area contributed by atoms with Crippen molar-refractivity contribution in [3.8, 4) is 10.4 Å². The van der Waals surface area contributed by atoms with Crippen LogP contribution < -0.4 is 0 Å². The maximum absolute atomic E-state index is 4.77. The number of thiophene rings is 1. The first kappa shape index (κ1) is 35.8. The van der Waals surface area contributed by atoms with E-state index in [4.69, 9.17) is 8.75 Å². The van der Waals surface area contributed by atoms with Crippen molar-refractivity contribution in [1.29, 1.82) is 0 Å². The van der Waals surface area contributed by atoms with Gasteiger partial charge in [-0.05, 0) is 58.1 Å². The van der Waals surface area contributed by atoms with Gasteiger partial charge in [0.1, 0.15) is 22.1 Å². The molecule has 4 nitrogen and oxygen atoms in total. The lowest BCUT2D eigenvalue weighted by Gasteiger charge is -2.17. The van der Waals surface area contributed by atoms with Crippen molar-refractivity contribution in [3.63, 3.8) is 0 Å². The van der Waals surface area contributed by atoms with Crippen molar-refractivity contribution in [2.75, 3.05) is 0 Å². The molecule has 0 saturated heterocycles. The second-order valence-electron chi connectivity index (χ2n) is 13.4. The molecule has 0 aliphatic heterocycles. The second-order valence-corrected chi connectivity index (χ2v) is 16.8. The van der Waals surface area contributed by atoms with Gasteiger partial charge in [-0.15, -0.1) is 11.3 Å². The highest BCUT2D eigenvalue weighted by Gasteiger charge is 2.20. The monoisotopic (exact) mass is 740 g/mol. The summed E-state index contributed by atoms with van der Waals surface area (Å²) in [7, 11) is 0. The molecule has 1 atom stereocenters. The van der Waals surface area contributed by atoms with Crippen LogP contribution in [0.1, 0.15) is 148 Å². The lowest BCUT2D eigenvalue weighted by molar-refractivity contribution is 0.400. The van der Waals surface area contributed by atoms with E-state index in [0.717, 1.165) is 45.2 Å². The number of nitrogens with zero attached hydrogens (tertiary/aromatic N) is 4. The maximum atomic E-state index is 4.77. The number of hydrogen-bond acceptors (Lipinski definition) is 7. The predicted molar refractivity (Wildman–Crippen MR) is 208 cm³/mol. The highest BCUT2D eigenvalue weighted by molar-refractivity contribution is 9.11. The smallest absolute Gasteiger partial charge is 0.114 e. The van der Waals surface area contributed by atoms with Crippen LogP contribution in [0.3, 0.4) is 0 Å². The Balaban J connectivity index is 1.22. The molecule has 3 aromatic heterocycles. The molecule has 250 valence electrons. The van der Waals surface area contributed by atoms with Gasteiger partial charge in [0.2, 0.25) is 0 Å². The van der Waals surface area contributed by atoms with Gasteiger partial charge in [0.05, 0.1) is 27.2 Å². The summed E-state index contributed by atoms with van der Waals surface area (Å²) in [6.07, 6.45) is 29.1.